The summed E-state index contributed by atoms with van der Waals surface area (Å²) in [4.78, 5) is 20.5. The monoisotopic (exact) mass is 307 g/mol. The van der Waals surface area contributed by atoms with Gasteiger partial charge in [0.05, 0.1) is 6.20 Å². The lowest BCUT2D eigenvalue weighted by molar-refractivity contribution is -0.116. The minimum atomic E-state index is -0.0791. The van der Waals surface area contributed by atoms with E-state index in [0.717, 1.165) is 5.56 Å². The highest BCUT2D eigenvalue weighted by Crippen LogP contribution is 2.20. The topological polar surface area (TPSA) is 72.7 Å². The maximum absolute atomic E-state index is 12.3. The van der Waals surface area contributed by atoms with E-state index >= 15 is 0 Å². The van der Waals surface area contributed by atoms with Crippen molar-refractivity contribution in [2.45, 2.75) is 19.3 Å². The van der Waals surface area contributed by atoms with Gasteiger partial charge in [0, 0.05) is 18.8 Å². The molecule has 3 aromatic rings. The minimum absolute atomic E-state index is 0.0791. The lowest BCUT2D eigenvalue weighted by Gasteiger charge is -2.13. The van der Waals surface area contributed by atoms with Crippen LogP contribution in [0.15, 0.2) is 61.3 Å². The Morgan fingerprint density at radius 3 is 2.83 bits per heavy atom. The quantitative estimate of drug-likeness (QED) is 0.786. The minimum Gasteiger partial charge on any atom is -0.322 e. The lowest BCUT2D eigenvalue weighted by atomic mass is 9.97. The molecule has 0 fully saturated rings. The summed E-state index contributed by atoms with van der Waals surface area (Å²) in [7, 11) is 0. The van der Waals surface area contributed by atoms with Crippen molar-refractivity contribution in [2.75, 3.05) is 5.32 Å². The van der Waals surface area contributed by atoms with Crippen LogP contribution >= 0.6 is 0 Å². The predicted octanol–water partition coefficient (Wildman–Crippen LogP) is 2.79. The van der Waals surface area contributed by atoms with Crippen molar-refractivity contribution in [2.24, 2.45) is 0 Å². The number of carbonyl (C=O) groups excluding carboxylic acids is 1. The number of benzene rings is 1. The van der Waals surface area contributed by atoms with Crippen LogP contribution in [0.2, 0.25) is 0 Å². The van der Waals surface area contributed by atoms with Crippen molar-refractivity contribution < 1.29 is 4.79 Å². The molecule has 0 unspecified atom stereocenters. The van der Waals surface area contributed by atoms with Crippen LogP contribution < -0.4 is 5.32 Å². The summed E-state index contributed by atoms with van der Waals surface area (Å²) in [6, 6.07) is 11.8. The zero-order chi connectivity index (χ0) is 16.1. The Hall–Kier alpha value is -3.02. The summed E-state index contributed by atoms with van der Waals surface area (Å²) >= 11 is 0. The van der Waals surface area contributed by atoms with E-state index in [9.17, 15) is 4.79 Å². The largest absolute Gasteiger partial charge is 0.322 e. The first-order valence-electron chi connectivity index (χ1n) is 7.39. The second kappa shape index (κ2) is 6.83. The van der Waals surface area contributed by atoms with Crippen LogP contribution in [0.3, 0.4) is 0 Å². The molecule has 1 N–H and O–H groups in total. The summed E-state index contributed by atoms with van der Waals surface area (Å²) in [5.41, 5.74) is 1.68. The van der Waals surface area contributed by atoms with Crippen LogP contribution in [0.5, 0.6) is 0 Å². The van der Waals surface area contributed by atoms with Crippen LogP contribution in [0, 0.1) is 0 Å². The van der Waals surface area contributed by atoms with Gasteiger partial charge in [-0.05, 0) is 17.5 Å². The molecule has 0 aliphatic rings. The van der Waals surface area contributed by atoms with Gasteiger partial charge < -0.3 is 5.32 Å². The molecule has 0 saturated carbocycles. The van der Waals surface area contributed by atoms with Gasteiger partial charge in [0.1, 0.15) is 12.0 Å². The van der Waals surface area contributed by atoms with Crippen LogP contribution in [0.1, 0.15) is 24.8 Å². The smallest absolute Gasteiger partial charge is 0.225 e. The van der Waals surface area contributed by atoms with E-state index in [4.69, 9.17) is 0 Å². The first kappa shape index (κ1) is 14.9. The van der Waals surface area contributed by atoms with Gasteiger partial charge in [-0.25, -0.2) is 14.6 Å². The van der Waals surface area contributed by atoms with Crippen molar-refractivity contribution in [1.29, 1.82) is 0 Å². The van der Waals surface area contributed by atoms with Gasteiger partial charge in [0.25, 0.3) is 0 Å². The van der Waals surface area contributed by atoms with Crippen LogP contribution in [0.25, 0.3) is 5.82 Å². The molecule has 1 amide bonds. The van der Waals surface area contributed by atoms with Gasteiger partial charge in [-0.2, -0.15) is 5.10 Å². The van der Waals surface area contributed by atoms with E-state index < -0.39 is 0 Å². The lowest BCUT2D eigenvalue weighted by Crippen LogP contribution is -2.17. The van der Waals surface area contributed by atoms with E-state index in [0.29, 0.717) is 17.9 Å². The number of nitrogens with zero attached hydrogens (tertiary/aromatic N) is 4. The predicted molar refractivity (Wildman–Crippen MR) is 87.3 cm³/mol. The molecule has 0 radical (unpaired) electrons. The molecular formula is C17H17N5O. The number of hydrogen-bond acceptors (Lipinski definition) is 4. The Morgan fingerprint density at radius 2 is 2.09 bits per heavy atom. The van der Waals surface area contributed by atoms with Crippen LogP contribution in [-0.4, -0.2) is 25.7 Å². The molecule has 2 aromatic heterocycles. The number of rotatable bonds is 5. The van der Waals surface area contributed by atoms with Crippen molar-refractivity contribution >= 4 is 11.6 Å². The first-order chi connectivity index (χ1) is 11.2. The Bertz CT molecular complexity index is 771. The highest BCUT2D eigenvalue weighted by atomic mass is 16.1. The highest BCUT2D eigenvalue weighted by molar-refractivity contribution is 5.92. The van der Waals surface area contributed by atoms with Crippen molar-refractivity contribution in [1.82, 2.24) is 19.7 Å². The van der Waals surface area contributed by atoms with Gasteiger partial charge in [-0.3, -0.25) is 4.79 Å². The number of nitrogens with one attached hydrogen (secondary N) is 1. The van der Waals surface area contributed by atoms with Gasteiger partial charge in [0.15, 0.2) is 5.82 Å². The molecule has 1 aromatic carbocycles. The summed E-state index contributed by atoms with van der Waals surface area (Å²) in [6.45, 7) is 2.03. The maximum atomic E-state index is 12.3. The van der Waals surface area contributed by atoms with E-state index in [1.807, 2.05) is 37.3 Å². The first-order valence-corrected chi connectivity index (χ1v) is 7.39. The molecule has 3 rings (SSSR count). The Morgan fingerprint density at radius 1 is 1.26 bits per heavy atom. The van der Waals surface area contributed by atoms with Gasteiger partial charge in [-0.15, -0.1) is 0 Å². The summed E-state index contributed by atoms with van der Waals surface area (Å²) in [5.74, 6) is 0.601. The average molecular weight is 307 g/mol. The number of amides is 1. The molecule has 1 atom stereocenters. The van der Waals surface area contributed by atoms with E-state index in [1.54, 1.807) is 29.3 Å². The third-order valence-electron chi connectivity index (χ3n) is 3.55. The van der Waals surface area contributed by atoms with E-state index in [2.05, 4.69) is 20.4 Å². The van der Waals surface area contributed by atoms with Gasteiger partial charge in [0.2, 0.25) is 5.91 Å². The van der Waals surface area contributed by atoms with E-state index in [1.165, 1.54) is 6.33 Å². The molecule has 116 valence electrons. The molecule has 23 heavy (non-hydrogen) atoms. The van der Waals surface area contributed by atoms with Gasteiger partial charge in [-0.1, -0.05) is 37.3 Å². The third kappa shape index (κ3) is 3.60. The number of aromatic nitrogens is 4. The fourth-order valence-corrected chi connectivity index (χ4v) is 2.37. The fourth-order valence-electron chi connectivity index (χ4n) is 2.37. The van der Waals surface area contributed by atoms with Crippen molar-refractivity contribution in [3.05, 3.63) is 66.9 Å². The zero-order valence-electron chi connectivity index (χ0n) is 12.8. The van der Waals surface area contributed by atoms with Crippen molar-refractivity contribution in [3.8, 4) is 5.82 Å². The average Bonchev–Trinajstić information content (AvgIpc) is 3.10. The van der Waals surface area contributed by atoms with Crippen LogP contribution in [-0.2, 0) is 4.79 Å². The summed E-state index contributed by atoms with van der Waals surface area (Å²) in [6.07, 6.45) is 6.82. The third-order valence-corrected chi connectivity index (χ3v) is 3.55. The van der Waals surface area contributed by atoms with Crippen molar-refractivity contribution in [3.63, 3.8) is 0 Å². The fraction of sp³-hybridized carbons (Fsp3) is 0.176. The number of anilines is 1. The molecule has 0 spiro atoms. The van der Waals surface area contributed by atoms with Gasteiger partial charge >= 0.3 is 0 Å². The molecule has 0 bridgehead atoms. The second-order valence-corrected chi connectivity index (χ2v) is 5.27. The highest BCUT2D eigenvalue weighted by Gasteiger charge is 2.14. The Kier molecular flexibility index (Phi) is 4.42. The summed E-state index contributed by atoms with van der Waals surface area (Å²) < 4.78 is 1.60. The molecule has 2 heterocycles. The molecule has 0 aliphatic carbocycles. The maximum Gasteiger partial charge on any atom is 0.225 e. The molecule has 0 aliphatic heterocycles. The SMILES string of the molecule is C[C@@H](CC(=O)Nc1cncnc1-n1cccn1)c1ccccc1. The summed E-state index contributed by atoms with van der Waals surface area (Å²) in [5, 5.41) is 7.01. The van der Waals surface area contributed by atoms with Crippen LogP contribution in [0.4, 0.5) is 5.69 Å². The number of hydrogen-bond donors (Lipinski definition) is 1. The normalized spacial score (nSPS) is 11.9. The molecule has 0 saturated heterocycles. The molecule has 6 nitrogen and oxygen atoms in total. The second-order valence-electron chi connectivity index (χ2n) is 5.27. The van der Waals surface area contributed by atoms with E-state index in [-0.39, 0.29) is 11.8 Å². The standard InChI is InChI=1S/C17H17N5O/c1-13(14-6-3-2-4-7-14)10-16(23)21-15-11-18-12-19-17(15)22-9-5-8-20-22/h2-9,11-13H,10H2,1H3,(H,21,23)/t13-/m0/s1. The molecule has 6 heteroatoms. The Balaban J connectivity index is 1.72. The molecular weight excluding hydrogens is 290 g/mol. The Labute approximate surface area is 134 Å². The number of carbonyl (C=O) groups is 1. The zero-order valence-corrected chi connectivity index (χ0v) is 12.8.